The van der Waals surface area contributed by atoms with E-state index < -0.39 is 29.2 Å². The molecule has 3 rings (SSSR count). The molecule has 0 fully saturated rings. The van der Waals surface area contributed by atoms with Crippen LogP contribution in [0.3, 0.4) is 0 Å². The molecule has 1 N–H and O–H groups in total. The van der Waals surface area contributed by atoms with E-state index in [1.165, 1.54) is 17.7 Å². The number of ether oxygens (including phenoxy) is 2. The molecule has 1 atom stereocenters. The fourth-order valence-corrected chi connectivity index (χ4v) is 3.84. The van der Waals surface area contributed by atoms with Gasteiger partial charge in [0.1, 0.15) is 16.9 Å². The maximum Gasteiger partial charge on any atom is 0.419 e. The van der Waals surface area contributed by atoms with Gasteiger partial charge in [-0.3, -0.25) is 14.3 Å². The molecule has 0 aliphatic heterocycles. The Bertz CT molecular complexity index is 1300. The smallest absolute Gasteiger partial charge is 0.419 e. The second-order valence-corrected chi connectivity index (χ2v) is 10.5. The van der Waals surface area contributed by atoms with Gasteiger partial charge in [0.05, 0.1) is 17.3 Å². The lowest BCUT2D eigenvalue weighted by Gasteiger charge is -2.21. The number of hydrogen-bond donors (Lipinski definition) is 1. The number of hydrogen-bond acceptors (Lipinski definition) is 7. The third-order valence-electron chi connectivity index (χ3n) is 5.32. The van der Waals surface area contributed by atoms with E-state index in [1.807, 2.05) is 13.0 Å². The van der Waals surface area contributed by atoms with Gasteiger partial charge >= 0.3 is 12.1 Å². The number of amides is 1. The van der Waals surface area contributed by atoms with Gasteiger partial charge in [-0.2, -0.15) is 0 Å². The highest BCUT2D eigenvalue weighted by atomic mass is 16.6. The first-order valence-electron chi connectivity index (χ1n) is 11.9. The van der Waals surface area contributed by atoms with Gasteiger partial charge < -0.3 is 14.8 Å². The van der Waals surface area contributed by atoms with Gasteiger partial charge in [-0.05, 0) is 71.7 Å². The molecule has 0 aliphatic carbocycles. The third kappa shape index (κ3) is 6.08. The van der Waals surface area contributed by atoms with E-state index in [4.69, 9.17) is 9.47 Å². The minimum absolute atomic E-state index is 0.112. The van der Waals surface area contributed by atoms with Crippen LogP contribution in [0.1, 0.15) is 92.9 Å². The summed E-state index contributed by atoms with van der Waals surface area (Å²) in [5, 5.41) is 3.36. The maximum absolute atomic E-state index is 12.9. The van der Waals surface area contributed by atoms with E-state index in [1.54, 1.807) is 66.2 Å². The highest BCUT2D eigenvalue weighted by Gasteiger charge is 2.26. The average Bonchev–Trinajstić information content (AvgIpc) is 3.22. The van der Waals surface area contributed by atoms with E-state index in [-0.39, 0.29) is 17.2 Å². The molecule has 3 aromatic rings. The number of aromatic nitrogens is 3. The number of rotatable bonds is 5. The number of esters is 1. The monoisotopic (exact) mass is 494 g/mol. The maximum atomic E-state index is 12.9. The van der Waals surface area contributed by atoms with Crippen molar-refractivity contribution < 1.29 is 23.9 Å². The summed E-state index contributed by atoms with van der Waals surface area (Å²) in [4.78, 5) is 47.1. The van der Waals surface area contributed by atoms with Crippen molar-refractivity contribution >= 4 is 28.9 Å². The van der Waals surface area contributed by atoms with E-state index in [0.717, 1.165) is 10.9 Å². The Hall–Kier alpha value is -3.75. The number of fused-ring (bicyclic) bond motifs is 1. The topological polar surface area (TPSA) is 112 Å². The molecule has 1 amide bonds. The molecule has 0 bridgehead atoms. The molecule has 0 aliphatic rings. The van der Waals surface area contributed by atoms with Gasteiger partial charge in [0, 0.05) is 36.4 Å². The molecule has 3 heterocycles. The molecular formula is C27H34N4O5. The first-order chi connectivity index (χ1) is 16.7. The first kappa shape index (κ1) is 26.8. The van der Waals surface area contributed by atoms with Crippen molar-refractivity contribution in [3.63, 3.8) is 0 Å². The summed E-state index contributed by atoms with van der Waals surface area (Å²) in [7, 11) is 1.51. The van der Waals surface area contributed by atoms with Crippen LogP contribution in [-0.2, 0) is 9.47 Å². The molecule has 9 heteroatoms. The van der Waals surface area contributed by atoms with Crippen LogP contribution < -0.4 is 5.32 Å². The van der Waals surface area contributed by atoms with Gasteiger partial charge in [-0.25, -0.2) is 14.6 Å². The summed E-state index contributed by atoms with van der Waals surface area (Å²) >= 11 is 0. The van der Waals surface area contributed by atoms with E-state index in [0.29, 0.717) is 17.6 Å². The first-order valence-corrected chi connectivity index (χ1v) is 11.9. The SMILES string of the molecule is CCC(c1cc(C(=O)OC(C)(C)C)cc(C(=O)NC)n1)c1cncc2c1ccn2C(=O)OC(C)(C)C. The summed E-state index contributed by atoms with van der Waals surface area (Å²) < 4.78 is 12.5. The Kier molecular flexibility index (Phi) is 7.52. The number of pyridine rings is 2. The Morgan fingerprint density at radius 3 is 2.28 bits per heavy atom. The zero-order chi connectivity index (χ0) is 26.8. The molecule has 9 nitrogen and oxygen atoms in total. The Labute approximate surface area is 211 Å². The van der Waals surface area contributed by atoms with Crippen molar-refractivity contribution in [2.75, 3.05) is 7.05 Å². The third-order valence-corrected chi connectivity index (χ3v) is 5.32. The van der Waals surface area contributed by atoms with Crippen LogP contribution in [0.2, 0.25) is 0 Å². The number of carbonyl (C=O) groups is 3. The molecule has 3 aromatic heterocycles. The van der Waals surface area contributed by atoms with Gasteiger partial charge in [0.25, 0.3) is 5.91 Å². The molecule has 0 spiro atoms. The number of nitrogens with one attached hydrogen (secondary N) is 1. The zero-order valence-corrected chi connectivity index (χ0v) is 22.1. The van der Waals surface area contributed by atoms with Crippen LogP contribution in [0.4, 0.5) is 4.79 Å². The zero-order valence-electron chi connectivity index (χ0n) is 22.1. The van der Waals surface area contributed by atoms with Crippen LogP contribution >= 0.6 is 0 Å². The minimum Gasteiger partial charge on any atom is -0.456 e. The standard InChI is InChI=1S/C27H34N4O5/c1-9-17(19-14-29-15-22-18(19)10-11-31(22)25(34)36-27(5,6)7)20-12-16(24(33)35-26(2,3)4)13-21(30-20)23(32)28-8/h10-15,17H,9H2,1-8H3,(H,28,32). The van der Waals surface area contributed by atoms with Crippen LogP contribution in [-0.4, -0.2) is 50.8 Å². The average molecular weight is 495 g/mol. The number of nitrogens with zero attached hydrogens (tertiary/aromatic N) is 3. The molecule has 0 saturated carbocycles. The Balaban J connectivity index is 2.13. The van der Waals surface area contributed by atoms with Crippen molar-refractivity contribution in [1.82, 2.24) is 19.9 Å². The molecule has 0 radical (unpaired) electrons. The van der Waals surface area contributed by atoms with Crippen LogP contribution in [0, 0.1) is 0 Å². The fourth-order valence-electron chi connectivity index (χ4n) is 3.84. The van der Waals surface area contributed by atoms with E-state index in [2.05, 4.69) is 15.3 Å². The predicted octanol–water partition coefficient (Wildman–Crippen LogP) is 5.07. The Morgan fingerprint density at radius 1 is 1.03 bits per heavy atom. The highest BCUT2D eigenvalue weighted by Crippen LogP contribution is 2.33. The Morgan fingerprint density at radius 2 is 1.69 bits per heavy atom. The molecule has 0 aromatic carbocycles. The van der Waals surface area contributed by atoms with Gasteiger partial charge in [-0.15, -0.1) is 0 Å². The van der Waals surface area contributed by atoms with Gasteiger partial charge in [0.15, 0.2) is 0 Å². The van der Waals surface area contributed by atoms with Gasteiger partial charge in [-0.1, -0.05) is 6.92 Å². The second-order valence-electron chi connectivity index (χ2n) is 10.5. The molecule has 192 valence electrons. The van der Waals surface area contributed by atoms with E-state index >= 15 is 0 Å². The number of carbonyl (C=O) groups excluding carboxylic acids is 3. The normalized spacial score (nSPS) is 12.8. The van der Waals surface area contributed by atoms with Crippen LogP contribution in [0.15, 0.2) is 36.8 Å². The van der Waals surface area contributed by atoms with Crippen molar-refractivity contribution in [2.24, 2.45) is 0 Å². The van der Waals surface area contributed by atoms with Crippen molar-refractivity contribution in [3.05, 3.63) is 59.3 Å². The quantitative estimate of drug-likeness (QED) is 0.493. The largest absolute Gasteiger partial charge is 0.456 e. The summed E-state index contributed by atoms with van der Waals surface area (Å²) in [6.07, 6.45) is 5.08. The minimum atomic E-state index is -0.696. The molecule has 1 unspecified atom stereocenters. The van der Waals surface area contributed by atoms with Gasteiger partial charge in [0.2, 0.25) is 0 Å². The van der Waals surface area contributed by atoms with Crippen LogP contribution in [0.5, 0.6) is 0 Å². The molecule has 36 heavy (non-hydrogen) atoms. The highest BCUT2D eigenvalue weighted by molar-refractivity contribution is 5.97. The van der Waals surface area contributed by atoms with E-state index in [9.17, 15) is 14.4 Å². The molecular weight excluding hydrogens is 460 g/mol. The van der Waals surface area contributed by atoms with Crippen molar-refractivity contribution in [3.8, 4) is 0 Å². The lowest BCUT2D eigenvalue weighted by Crippen LogP contribution is -2.26. The lowest BCUT2D eigenvalue weighted by atomic mass is 9.90. The second kappa shape index (κ2) is 10.1. The summed E-state index contributed by atoms with van der Waals surface area (Å²) in [5.74, 6) is -1.26. The lowest BCUT2D eigenvalue weighted by molar-refractivity contribution is 0.00688. The summed E-state index contributed by atoms with van der Waals surface area (Å²) in [6.45, 7) is 12.7. The van der Waals surface area contributed by atoms with Crippen molar-refractivity contribution in [2.45, 2.75) is 72.0 Å². The summed E-state index contributed by atoms with van der Waals surface area (Å²) in [5.41, 5.74) is 0.937. The predicted molar refractivity (Wildman–Crippen MR) is 136 cm³/mol. The van der Waals surface area contributed by atoms with Crippen LogP contribution in [0.25, 0.3) is 10.9 Å². The fraction of sp³-hybridized carbons (Fsp3) is 0.444. The van der Waals surface area contributed by atoms with Crippen molar-refractivity contribution in [1.29, 1.82) is 0 Å². The summed E-state index contributed by atoms with van der Waals surface area (Å²) in [6, 6.07) is 4.91. The molecule has 0 saturated heterocycles.